The summed E-state index contributed by atoms with van der Waals surface area (Å²) in [5, 5.41) is 16.6. The number of pyridine rings is 1. The van der Waals surface area contributed by atoms with E-state index in [4.69, 9.17) is 16.9 Å². The Kier molecular flexibility index (Phi) is 3.62. The SMILES string of the molecule is Cc1cscc1CNc1nccc(C#N)c1Cl. The van der Waals surface area contributed by atoms with Crippen LogP contribution in [-0.4, -0.2) is 4.98 Å². The van der Waals surface area contributed by atoms with Gasteiger partial charge in [-0.25, -0.2) is 4.98 Å². The van der Waals surface area contributed by atoms with Crippen molar-refractivity contribution in [3.05, 3.63) is 44.7 Å². The zero-order chi connectivity index (χ0) is 12.3. The fourth-order valence-electron chi connectivity index (χ4n) is 1.40. The van der Waals surface area contributed by atoms with Gasteiger partial charge in [-0.05, 0) is 34.9 Å². The summed E-state index contributed by atoms with van der Waals surface area (Å²) in [5.41, 5.74) is 2.90. The van der Waals surface area contributed by atoms with Crippen LogP contribution < -0.4 is 5.32 Å². The minimum atomic E-state index is 0.378. The number of aryl methyl sites for hydroxylation is 1. The Hall–Kier alpha value is -1.57. The van der Waals surface area contributed by atoms with E-state index in [1.807, 2.05) is 6.07 Å². The maximum Gasteiger partial charge on any atom is 0.146 e. The van der Waals surface area contributed by atoms with Crippen molar-refractivity contribution in [2.45, 2.75) is 13.5 Å². The lowest BCUT2D eigenvalue weighted by Gasteiger charge is -2.07. The maximum atomic E-state index is 8.85. The van der Waals surface area contributed by atoms with Crippen LogP contribution in [0.4, 0.5) is 5.82 Å². The third-order valence-corrected chi connectivity index (χ3v) is 3.71. The molecule has 0 aliphatic rings. The van der Waals surface area contributed by atoms with Crippen LogP contribution in [0.1, 0.15) is 16.7 Å². The van der Waals surface area contributed by atoms with Crippen LogP contribution in [-0.2, 0) is 6.54 Å². The first-order valence-corrected chi connectivity index (χ1v) is 6.34. The average molecular weight is 264 g/mol. The molecule has 5 heteroatoms. The molecule has 2 rings (SSSR count). The highest BCUT2D eigenvalue weighted by Gasteiger charge is 2.07. The maximum absolute atomic E-state index is 8.85. The van der Waals surface area contributed by atoms with Crippen molar-refractivity contribution < 1.29 is 0 Å². The Balaban J connectivity index is 2.15. The number of halogens is 1. The normalized spacial score (nSPS) is 9.94. The molecule has 0 spiro atoms. The quantitative estimate of drug-likeness (QED) is 0.921. The van der Waals surface area contributed by atoms with Crippen molar-refractivity contribution in [1.29, 1.82) is 5.26 Å². The number of thiophene rings is 1. The summed E-state index contributed by atoms with van der Waals surface area (Å²) in [5.74, 6) is 0.552. The van der Waals surface area contributed by atoms with E-state index >= 15 is 0 Å². The summed E-state index contributed by atoms with van der Waals surface area (Å²) in [6.07, 6.45) is 1.58. The second kappa shape index (κ2) is 5.17. The van der Waals surface area contributed by atoms with Crippen LogP contribution in [0, 0.1) is 18.3 Å². The lowest BCUT2D eigenvalue weighted by molar-refractivity contribution is 1.10. The Bertz CT molecular complexity index is 571. The van der Waals surface area contributed by atoms with Crippen LogP contribution in [0.5, 0.6) is 0 Å². The molecule has 0 atom stereocenters. The molecule has 0 aromatic carbocycles. The van der Waals surface area contributed by atoms with E-state index in [1.54, 1.807) is 23.6 Å². The minimum Gasteiger partial charge on any atom is -0.365 e. The predicted octanol–water partition coefficient (Wildman–Crippen LogP) is 3.59. The molecule has 86 valence electrons. The molecule has 0 amide bonds. The van der Waals surface area contributed by atoms with E-state index in [9.17, 15) is 0 Å². The smallest absolute Gasteiger partial charge is 0.146 e. The van der Waals surface area contributed by atoms with Crippen molar-refractivity contribution in [3.8, 4) is 6.07 Å². The molecule has 0 bridgehead atoms. The number of aromatic nitrogens is 1. The zero-order valence-corrected chi connectivity index (χ0v) is 10.8. The molecule has 3 nitrogen and oxygen atoms in total. The standard InChI is InChI=1S/C12H10ClN3S/c1-8-6-17-7-10(8)5-16-12-11(13)9(4-14)2-3-15-12/h2-3,6-7H,5H2,1H3,(H,15,16). The largest absolute Gasteiger partial charge is 0.365 e. The van der Waals surface area contributed by atoms with Gasteiger partial charge in [0.2, 0.25) is 0 Å². The number of anilines is 1. The van der Waals surface area contributed by atoms with Gasteiger partial charge in [-0.15, -0.1) is 0 Å². The van der Waals surface area contributed by atoms with Crippen LogP contribution >= 0.6 is 22.9 Å². The van der Waals surface area contributed by atoms with Crippen molar-refractivity contribution in [1.82, 2.24) is 4.98 Å². The monoisotopic (exact) mass is 263 g/mol. The molecule has 0 saturated carbocycles. The highest BCUT2D eigenvalue weighted by atomic mass is 35.5. The van der Waals surface area contributed by atoms with Crippen LogP contribution in [0.25, 0.3) is 0 Å². The third kappa shape index (κ3) is 2.57. The van der Waals surface area contributed by atoms with Crippen molar-refractivity contribution in [2.75, 3.05) is 5.32 Å². The van der Waals surface area contributed by atoms with Crippen LogP contribution in [0.2, 0.25) is 5.02 Å². The molecule has 0 aliphatic carbocycles. The van der Waals surface area contributed by atoms with Gasteiger partial charge < -0.3 is 5.32 Å². The molecule has 0 saturated heterocycles. The van der Waals surface area contributed by atoms with E-state index in [2.05, 4.69) is 28.0 Å². The van der Waals surface area contributed by atoms with Crippen molar-refractivity contribution >= 4 is 28.8 Å². The summed E-state index contributed by atoms with van der Waals surface area (Å²) in [6, 6.07) is 3.63. The number of rotatable bonds is 3. The highest BCUT2D eigenvalue weighted by Crippen LogP contribution is 2.24. The molecule has 0 radical (unpaired) electrons. The molecule has 0 unspecified atom stereocenters. The van der Waals surface area contributed by atoms with Crippen molar-refractivity contribution in [3.63, 3.8) is 0 Å². The van der Waals surface area contributed by atoms with Gasteiger partial charge >= 0.3 is 0 Å². The lowest BCUT2D eigenvalue weighted by Crippen LogP contribution is -2.02. The highest BCUT2D eigenvalue weighted by molar-refractivity contribution is 7.08. The second-order valence-corrected chi connectivity index (χ2v) is 4.69. The third-order valence-electron chi connectivity index (χ3n) is 2.42. The molecule has 2 aromatic rings. The van der Waals surface area contributed by atoms with Gasteiger partial charge in [0.15, 0.2) is 0 Å². The second-order valence-electron chi connectivity index (χ2n) is 3.57. The predicted molar refractivity (Wildman–Crippen MR) is 70.3 cm³/mol. The molecule has 17 heavy (non-hydrogen) atoms. The summed E-state index contributed by atoms with van der Waals surface area (Å²) in [4.78, 5) is 4.13. The molecular weight excluding hydrogens is 254 g/mol. The summed E-state index contributed by atoms with van der Waals surface area (Å²) in [7, 11) is 0. The average Bonchev–Trinajstić information content (AvgIpc) is 2.74. The molecule has 0 fully saturated rings. The fourth-order valence-corrected chi connectivity index (χ4v) is 2.48. The Labute approximate surface area is 109 Å². The van der Waals surface area contributed by atoms with E-state index in [-0.39, 0.29) is 0 Å². The van der Waals surface area contributed by atoms with Gasteiger partial charge in [0.25, 0.3) is 0 Å². The Morgan fingerprint density at radius 3 is 3.00 bits per heavy atom. The van der Waals surface area contributed by atoms with Crippen molar-refractivity contribution in [2.24, 2.45) is 0 Å². The number of nitriles is 1. The van der Waals surface area contributed by atoms with E-state index in [1.165, 1.54) is 11.1 Å². The molecule has 2 heterocycles. The number of hydrogen-bond donors (Lipinski definition) is 1. The first-order valence-electron chi connectivity index (χ1n) is 5.02. The molecule has 0 aliphatic heterocycles. The Morgan fingerprint density at radius 2 is 2.35 bits per heavy atom. The van der Waals surface area contributed by atoms with E-state index in [0.717, 1.165) is 0 Å². The number of nitrogens with one attached hydrogen (secondary N) is 1. The molecule has 1 N–H and O–H groups in total. The first kappa shape index (κ1) is 11.9. The fraction of sp³-hybridized carbons (Fsp3) is 0.167. The van der Waals surface area contributed by atoms with E-state index < -0.39 is 0 Å². The van der Waals surface area contributed by atoms with Gasteiger partial charge in [-0.1, -0.05) is 11.6 Å². The van der Waals surface area contributed by atoms with Gasteiger partial charge in [0.1, 0.15) is 16.9 Å². The molecule has 2 aromatic heterocycles. The van der Waals surface area contributed by atoms with Gasteiger partial charge in [0.05, 0.1) is 5.56 Å². The number of nitrogens with zero attached hydrogens (tertiary/aromatic N) is 2. The summed E-state index contributed by atoms with van der Waals surface area (Å²) < 4.78 is 0. The lowest BCUT2D eigenvalue weighted by atomic mass is 10.2. The Morgan fingerprint density at radius 1 is 1.53 bits per heavy atom. The molecular formula is C12H10ClN3S. The summed E-state index contributed by atoms with van der Waals surface area (Å²) >= 11 is 7.71. The summed E-state index contributed by atoms with van der Waals surface area (Å²) in [6.45, 7) is 2.73. The van der Waals surface area contributed by atoms with E-state index in [0.29, 0.717) is 22.9 Å². The van der Waals surface area contributed by atoms with Crippen LogP contribution in [0.15, 0.2) is 23.0 Å². The topological polar surface area (TPSA) is 48.7 Å². The van der Waals surface area contributed by atoms with Gasteiger partial charge in [-0.3, -0.25) is 0 Å². The zero-order valence-electron chi connectivity index (χ0n) is 9.20. The van der Waals surface area contributed by atoms with Crippen LogP contribution in [0.3, 0.4) is 0 Å². The van der Waals surface area contributed by atoms with Gasteiger partial charge in [-0.2, -0.15) is 16.6 Å². The van der Waals surface area contributed by atoms with Gasteiger partial charge in [0, 0.05) is 12.7 Å². The first-order chi connectivity index (χ1) is 8.22. The number of hydrogen-bond acceptors (Lipinski definition) is 4. The minimum absolute atomic E-state index is 0.378.